The summed E-state index contributed by atoms with van der Waals surface area (Å²) in [6.07, 6.45) is -3.45. The maximum atomic E-state index is 13.9. The number of hydrogen-bond acceptors (Lipinski definition) is 2. The molecule has 0 saturated carbocycles. The van der Waals surface area contributed by atoms with Crippen LogP contribution >= 0.6 is 0 Å². The first-order valence-electron chi connectivity index (χ1n) is 10.7. The highest BCUT2D eigenvalue weighted by molar-refractivity contribution is 6.34. The van der Waals surface area contributed by atoms with Crippen molar-refractivity contribution >= 4 is 34.3 Å². The van der Waals surface area contributed by atoms with Gasteiger partial charge in [-0.05, 0) is 36.8 Å². The van der Waals surface area contributed by atoms with Gasteiger partial charge in [0.15, 0.2) is 5.71 Å². The maximum Gasteiger partial charge on any atom is 0.435 e. The fourth-order valence-electron chi connectivity index (χ4n) is 4.25. The molecule has 0 bridgehead atoms. The van der Waals surface area contributed by atoms with Crippen LogP contribution in [0.25, 0.3) is 17.0 Å². The molecule has 1 aromatic heterocycles. The normalized spacial score (nSPS) is 15.4. The number of alkyl halides is 3. The Morgan fingerprint density at radius 2 is 1.50 bits per heavy atom. The van der Waals surface area contributed by atoms with E-state index in [2.05, 4.69) is 9.67 Å². The van der Waals surface area contributed by atoms with E-state index in [9.17, 15) is 18.0 Å². The van der Waals surface area contributed by atoms with Gasteiger partial charge in [-0.2, -0.15) is 23.3 Å². The number of aromatic nitrogens is 1. The van der Waals surface area contributed by atoms with Crippen molar-refractivity contribution in [2.75, 3.05) is 5.01 Å². The van der Waals surface area contributed by atoms with E-state index in [4.69, 9.17) is 0 Å². The van der Waals surface area contributed by atoms with Crippen LogP contribution in [-0.2, 0) is 11.3 Å². The molecule has 4 aromatic rings. The van der Waals surface area contributed by atoms with Crippen LogP contribution in [0.5, 0.6) is 0 Å². The largest absolute Gasteiger partial charge is 0.435 e. The number of hydrazone groups is 1. The molecule has 3 aromatic carbocycles. The Bertz CT molecular complexity index is 1430. The number of benzene rings is 3. The average molecular weight is 459 g/mol. The van der Waals surface area contributed by atoms with Crippen LogP contribution in [-0.4, -0.2) is 22.4 Å². The Balaban J connectivity index is 1.66. The fraction of sp³-hybridized carbons (Fsp3) is 0.111. The van der Waals surface area contributed by atoms with Crippen molar-refractivity contribution in [3.63, 3.8) is 0 Å². The van der Waals surface area contributed by atoms with E-state index >= 15 is 0 Å². The number of halogens is 3. The number of para-hydroxylation sites is 2. The van der Waals surface area contributed by atoms with Gasteiger partial charge in [0.25, 0.3) is 5.91 Å². The third-order valence-corrected chi connectivity index (χ3v) is 5.90. The van der Waals surface area contributed by atoms with Crippen molar-refractivity contribution in [2.45, 2.75) is 19.6 Å². The lowest BCUT2D eigenvalue weighted by atomic mass is 10.0. The van der Waals surface area contributed by atoms with E-state index < -0.39 is 23.4 Å². The Morgan fingerprint density at radius 3 is 2.18 bits per heavy atom. The van der Waals surface area contributed by atoms with E-state index in [1.54, 1.807) is 30.3 Å². The number of carbonyl (C=O) groups excluding carboxylic acids is 1. The summed E-state index contributed by atoms with van der Waals surface area (Å²) in [5, 5.41) is 5.26. The summed E-state index contributed by atoms with van der Waals surface area (Å²) in [6, 6.07) is 25.5. The zero-order valence-electron chi connectivity index (χ0n) is 18.3. The highest BCUT2D eigenvalue weighted by atomic mass is 19.4. The number of anilines is 1. The summed E-state index contributed by atoms with van der Waals surface area (Å²) >= 11 is 0. The number of rotatable bonds is 4. The molecule has 0 radical (unpaired) electrons. The molecule has 1 aliphatic rings. The number of amides is 1. The average Bonchev–Trinajstić information content (AvgIpc) is 3.30. The third kappa shape index (κ3) is 3.79. The molecule has 34 heavy (non-hydrogen) atoms. The first-order valence-corrected chi connectivity index (χ1v) is 10.7. The molecule has 1 aliphatic heterocycles. The number of carbonyl (C=O) groups is 1. The van der Waals surface area contributed by atoms with Crippen molar-refractivity contribution < 1.29 is 18.0 Å². The van der Waals surface area contributed by atoms with Crippen molar-refractivity contribution in [1.82, 2.24) is 4.57 Å². The Hall–Kier alpha value is -4.13. The van der Waals surface area contributed by atoms with Gasteiger partial charge in [0.1, 0.15) is 0 Å². The van der Waals surface area contributed by atoms with Gasteiger partial charge in [-0.25, -0.2) is 0 Å². The minimum atomic E-state index is -4.78. The smallest absolute Gasteiger partial charge is 0.340 e. The molecule has 0 aliphatic carbocycles. The molecule has 170 valence electrons. The van der Waals surface area contributed by atoms with Crippen molar-refractivity contribution in [1.29, 1.82) is 0 Å². The molecule has 0 N–H and O–H groups in total. The Kier molecular flexibility index (Phi) is 5.32. The summed E-state index contributed by atoms with van der Waals surface area (Å²) in [6.45, 7) is 2.41. The summed E-state index contributed by atoms with van der Waals surface area (Å²) in [7, 11) is 0. The van der Waals surface area contributed by atoms with E-state index in [1.807, 2.05) is 61.5 Å². The van der Waals surface area contributed by atoms with Crippen LogP contribution in [0.1, 0.15) is 16.8 Å². The van der Waals surface area contributed by atoms with Crippen LogP contribution in [0.2, 0.25) is 0 Å². The predicted molar refractivity (Wildman–Crippen MR) is 128 cm³/mol. The quantitative estimate of drug-likeness (QED) is 0.328. The molecule has 2 heterocycles. The molecule has 7 heteroatoms. The maximum absolute atomic E-state index is 13.9. The second kappa shape index (κ2) is 8.33. The van der Waals surface area contributed by atoms with E-state index in [0.717, 1.165) is 27.2 Å². The van der Waals surface area contributed by atoms with Gasteiger partial charge in [0, 0.05) is 28.7 Å². The summed E-state index contributed by atoms with van der Waals surface area (Å²) < 4.78 is 43.8. The molecule has 0 atom stereocenters. The van der Waals surface area contributed by atoms with Crippen LogP contribution in [0.3, 0.4) is 0 Å². The first kappa shape index (κ1) is 21.7. The van der Waals surface area contributed by atoms with Crippen LogP contribution < -0.4 is 5.01 Å². The molecular formula is C27H20F3N3O. The van der Waals surface area contributed by atoms with Gasteiger partial charge in [-0.15, -0.1) is 0 Å². The monoisotopic (exact) mass is 459 g/mol. The van der Waals surface area contributed by atoms with Crippen molar-refractivity contribution in [2.24, 2.45) is 5.10 Å². The highest BCUT2D eigenvalue weighted by Gasteiger charge is 2.47. The molecule has 1 amide bonds. The Morgan fingerprint density at radius 1 is 0.882 bits per heavy atom. The molecule has 0 unspecified atom stereocenters. The third-order valence-electron chi connectivity index (χ3n) is 5.90. The van der Waals surface area contributed by atoms with Gasteiger partial charge in [-0.1, -0.05) is 66.7 Å². The van der Waals surface area contributed by atoms with Gasteiger partial charge in [0.05, 0.1) is 11.3 Å². The fourth-order valence-corrected chi connectivity index (χ4v) is 4.25. The van der Waals surface area contributed by atoms with Gasteiger partial charge < -0.3 is 4.57 Å². The zero-order chi connectivity index (χ0) is 23.9. The topological polar surface area (TPSA) is 37.6 Å². The standard InChI is InChI=1S/C27H20F3N3O/c1-18-22(21-14-8-9-15-24(21)32(18)17-19-10-4-2-5-11-19)16-23-25(27(28,29)30)31-33(26(23)34)20-12-6-3-7-13-20/h2-16H,17H2,1H3/b23-16-. The molecular weight excluding hydrogens is 439 g/mol. The SMILES string of the molecule is Cc1c(/C=C2\C(=O)N(c3ccccc3)N=C2C(F)(F)F)c2ccccc2n1Cc1ccccc1. The first-order chi connectivity index (χ1) is 16.3. The lowest BCUT2D eigenvalue weighted by Gasteiger charge is -2.11. The van der Waals surface area contributed by atoms with E-state index in [-0.39, 0.29) is 5.69 Å². The number of fused-ring (bicyclic) bond motifs is 1. The van der Waals surface area contributed by atoms with Crippen LogP contribution in [0.4, 0.5) is 18.9 Å². The Labute approximate surface area is 194 Å². The van der Waals surface area contributed by atoms with Gasteiger partial charge in [0.2, 0.25) is 0 Å². The molecule has 4 nitrogen and oxygen atoms in total. The summed E-state index contributed by atoms with van der Waals surface area (Å²) in [5.74, 6) is -0.808. The minimum Gasteiger partial charge on any atom is -0.340 e. The van der Waals surface area contributed by atoms with Crippen molar-refractivity contribution in [3.8, 4) is 0 Å². The summed E-state index contributed by atoms with van der Waals surface area (Å²) in [5.41, 5.74) is 1.90. The van der Waals surface area contributed by atoms with E-state index in [1.165, 1.54) is 6.08 Å². The second-order valence-corrected chi connectivity index (χ2v) is 8.04. The zero-order valence-corrected chi connectivity index (χ0v) is 18.3. The minimum absolute atomic E-state index is 0.279. The van der Waals surface area contributed by atoms with Crippen LogP contribution in [0.15, 0.2) is 95.6 Å². The molecule has 0 saturated heterocycles. The number of nitrogens with zero attached hydrogens (tertiary/aromatic N) is 3. The van der Waals surface area contributed by atoms with Crippen LogP contribution in [0, 0.1) is 6.92 Å². The lowest BCUT2D eigenvalue weighted by Crippen LogP contribution is -2.25. The lowest BCUT2D eigenvalue weighted by molar-refractivity contribution is -0.114. The van der Waals surface area contributed by atoms with Gasteiger partial charge in [-0.3, -0.25) is 4.79 Å². The number of hydrogen-bond donors (Lipinski definition) is 0. The summed E-state index contributed by atoms with van der Waals surface area (Å²) in [4.78, 5) is 13.1. The molecule has 0 fully saturated rings. The predicted octanol–water partition coefficient (Wildman–Crippen LogP) is 6.35. The van der Waals surface area contributed by atoms with E-state index in [0.29, 0.717) is 12.1 Å². The van der Waals surface area contributed by atoms with Gasteiger partial charge >= 0.3 is 6.18 Å². The second-order valence-electron chi connectivity index (χ2n) is 8.04. The molecule has 5 rings (SSSR count). The van der Waals surface area contributed by atoms with Crippen molar-refractivity contribution in [3.05, 3.63) is 107 Å². The highest BCUT2D eigenvalue weighted by Crippen LogP contribution is 2.35. The molecule has 0 spiro atoms.